The van der Waals surface area contributed by atoms with Crippen LogP contribution in [0.15, 0.2) is 24.3 Å². The van der Waals surface area contributed by atoms with E-state index in [1.165, 1.54) is 36.8 Å². The first kappa shape index (κ1) is 11.6. The van der Waals surface area contributed by atoms with Gasteiger partial charge < -0.3 is 0 Å². The molecule has 0 amide bonds. The first-order valence-corrected chi connectivity index (χ1v) is 7.48. The van der Waals surface area contributed by atoms with Crippen LogP contribution in [-0.4, -0.2) is 0 Å². The molecule has 0 nitrogen and oxygen atoms in total. The molecule has 0 aliphatic heterocycles. The van der Waals surface area contributed by atoms with E-state index in [0.29, 0.717) is 0 Å². The molecule has 0 bridgehead atoms. The maximum absolute atomic E-state index is 6.67. The molecule has 2 aliphatic carbocycles. The van der Waals surface area contributed by atoms with Crippen LogP contribution < -0.4 is 0 Å². The zero-order chi connectivity index (χ0) is 11.8. The van der Waals surface area contributed by atoms with E-state index in [1.807, 2.05) is 0 Å². The number of hydrogen-bond donors (Lipinski definition) is 0. The molecule has 1 heteroatoms. The molecule has 1 aromatic carbocycles. The normalized spacial score (nSPS) is 32.9. The van der Waals surface area contributed by atoms with Gasteiger partial charge in [0.05, 0.1) is 5.38 Å². The molecule has 0 N–H and O–H groups in total. The largest absolute Gasteiger partial charge is 0.117 e. The highest BCUT2D eigenvalue weighted by atomic mass is 35.5. The van der Waals surface area contributed by atoms with Gasteiger partial charge in [0.2, 0.25) is 0 Å². The zero-order valence-corrected chi connectivity index (χ0v) is 11.3. The Kier molecular flexibility index (Phi) is 3.17. The maximum atomic E-state index is 6.67. The van der Waals surface area contributed by atoms with Crippen molar-refractivity contribution in [1.29, 1.82) is 0 Å². The molecule has 17 heavy (non-hydrogen) atoms. The van der Waals surface area contributed by atoms with E-state index < -0.39 is 0 Å². The fraction of sp³-hybridized carbons (Fsp3) is 0.625. The minimum Gasteiger partial charge on any atom is -0.117 e. The molecule has 92 valence electrons. The number of fused-ring (bicyclic) bond motifs is 1. The van der Waals surface area contributed by atoms with Gasteiger partial charge in [-0.15, -0.1) is 11.6 Å². The molecule has 1 aromatic rings. The molecule has 2 saturated carbocycles. The number of rotatable bonds is 3. The van der Waals surface area contributed by atoms with Gasteiger partial charge in [0.25, 0.3) is 0 Å². The van der Waals surface area contributed by atoms with Crippen molar-refractivity contribution in [3.63, 3.8) is 0 Å². The summed E-state index contributed by atoms with van der Waals surface area (Å²) in [6, 6.07) is 8.94. The van der Waals surface area contributed by atoms with E-state index >= 15 is 0 Å². The van der Waals surface area contributed by atoms with Crippen molar-refractivity contribution in [3.05, 3.63) is 35.4 Å². The van der Waals surface area contributed by atoms with Crippen LogP contribution in [-0.2, 0) is 6.42 Å². The topological polar surface area (TPSA) is 0 Å². The second-order valence-corrected chi connectivity index (χ2v) is 6.16. The predicted molar refractivity (Wildman–Crippen MR) is 73.4 cm³/mol. The van der Waals surface area contributed by atoms with Crippen LogP contribution in [0.1, 0.15) is 49.1 Å². The molecule has 0 aromatic heterocycles. The first-order valence-electron chi connectivity index (χ1n) is 7.04. The smallest absolute Gasteiger partial charge is 0.0618 e. The highest BCUT2D eigenvalue weighted by Crippen LogP contribution is 2.62. The molecule has 0 saturated heterocycles. The average Bonchev–Trinajstić information content (AvgIpc) is 3.12. The Morgan fingerprint density at radius 3 is 2.24 bits per heavy atom. The monoisotopic (exact) mass is 248 g/mol. The summed E-state index contributed by atoms with van der Waals surface area (Å²) in [5.41, 5.74) is 2.74. The summed E-state index contributed by atoms with van der Waals surface area (Å²) >= 11 is 6.67. The van der Waals surface area contributed by atoms with Crippen LogP contribution in [0.4, 0.5) is 0 Å². The summed E-state index contributed by atoms with van der Waals surface area (Å²) in [6.45, 7) is 2.20. The lowest BCUT2D eigenvalue weighted by molar-refractivity contribution is 0.480. The van der Waals surface area contributed by atoms with E-state index in [1.54, 1.807) is 0 Å². The Bertz CT molecular complexity index is 369. The Labute approximate surface area is 109 Å². The van der Waals surface area contributed by atoms with Crippen molar-refractivity contribution in [3.8, 4) is 0 Å². The van der Waals surface area contributed by atoms with Gasteiger partial charge in [-0.05, 0) is 48.1 Å². The summed E-state index contributed by atoms with van der Waals surface area (Å²) in [5.74, 6) is 2.65. The number of aryl methyl sites for hydroxylation is 1. The summed E-state index contributed by atoms with van der Waals surface area (Å²) < 4.78 is 0. The van der Waals surface area contributed by atoms with E-state index in [0.717, 1.165) is 24.2 Å². The molecule has 3 atom stereocenters. The fourth-order valence-corrected chi connectivity index (χ4v) is 4.16. The van der Waals surface area contributed by atoms with Gasteiger partial charge in [-0.1, -0.05) is 44.0 Å². The van der Waals surface area contributed by atoms with Crippen molar-refractivity contribution in [2.24, 2.45) is 17.8 Å². The molecule has 0 radical (unpaired) electrons. The summed E-state index contributed by atoms with van der Waals surface area (Å²) in [4.78, 5) is 0. The van der Waals surface area contributed by atoms with E-state index in [2.05, 4.69) is 31.2 Å². The van der Waals surface area contributed by atoms with E-state index in [-0.39, 0.29) is 5.38 Å². The van der Waals surface area contributed by atoms with Crippen molar-refractivity contribution >= 4 is 11.6 Å². The third-order valence-electron chi connectivity index (χ3n) is 4.77. The number of alkyl halides is 1. The zero-order valence-electron chi connectivity index (χ0n) is 10.5. The van der Waals surface area contributed by atoms with Crippen molar-refractivity contribution in [2.75, 3.05) is 0 Å². The van der Waals surface area contributed by atoms with Gasteiger partial charge in [-0.25, -0.2) is 0 Å². The van der Waals surface area contributed by atoms with Crippen molar-refractivity contribution in [2.45, 2.75) is 44.4 Å². The second kappa shape index (κ2) is 4.65. The predicted octanol–water partition coefficient (Wildman–Crippen LogP) is 4.97. The Hall–Kier alpha value is -0.490. The Morgan fingerprint density at radius 1 is 1.12 bits per heavy atom. The lowest BCUT2D eigenvalue weighted by Crippen LogP contribution is -1.96. The molecule has 3 rings (SSSR count). The first-order chi connectivity index (χ1) is 8.31. The van der Waals surface area contributed by atoms with Gasteiger partial charge in [0.15, 0.2) is 0 Å². The highest BCUT2D eigenvalue weighted by molar-refractivity contribution is 6.21. The molecule has 3 unspecified atom stereocenters. The Balaban J connectivity index is 1.71. The second-order valence-electron chi connectivity index (χ2n) is 5.69. The molecular formula is C16H21Cl. The molecule has 2 fully saturated rings. The number of benzene rings is 1. The van der Waals surface area contributed by atoms with Crippen LogP contribution >= 0.6 is 11.6 Å². The van der Waals surface area contributed by atoms with Gasteiger partial charge >= 0.3 is 0 Å². The van der Waals surface area contributed by atoms with E-state index in [9.17, 15) is 0 Å². The maximum Gasteiger partial charge on any atom is 0.0618 e. The van der Waals surface area contributed by atoms with Crippen LogP contribution in [0.2, 0.25) is 0 Å². The SMILES string of the molecule is CCc1ccc(C(Cl)C2C3CCCCC32)cc1. The summed E-state index contributed by atoms with van der Waals surface area (Å²) in [6.07, 6.45) is 6.81. The minimum absolute atomic E-state index is 0.258. The molecule has 0 spiro atoms. The summed E-state index contributed by atoms with van der Waals surface area (Å²) in [7, 11) is 0. The molecule has 2 aliphatic rings. The molecule has 0 heterocycles. The number of hydrogen-bond acceptors (Lipinski definition) is 0. The van der Waals surface area contributed by atoms with Crippen LogP contribution in [0.25, 0.3) is 0 Å². The van der Waals surface area contributed by atoms with Crippen molar-refractivity contribution in [1.82, 2.24) is 0 Å². The quantitative estimate of drug-likeness (QED) is 0.663. The van der Waals surface area contributed by atoms with Crippen LogP contribution in [0, 0.1) is 17.8 Å². The van der Waals surface area contributed by atoms with E-state index in [4.69, 9.17) is 11.6 Å². The number of halogens is 1. The minimum atomic E-state index is 0.258. The van der Waals surface area contributed by atoms with Crippen molar-refractivity contribution < 1.29 is 0 Å². The average molecular weight is 249 g/mol. The summed E-state index contributed by atoms with van der Waals surface area (Å²) in [5, 5.41) is 0.258. The van der Waals surface area contributed by atoms with Crippen LogP contribution in [0.5, 0.6) is 0 Å². The standard InChI is InChI=1S/C16H21Cl/c1-2-11-7-9-12(10-8-11)16(17)15-13-5-3-4-6-14(13)15/h7-10,13-16H,2-6H2,1H3. The van der Waals surface area contributed by atoms with Gasteiger partial charge in [-0.2, -0.15) is 0 Å². The highest BCUT2D eigenvalue weighted by Gasteiger charge is 2.53. The fourth-order valence-electron chi connectivity index (χ4n) is 3.64. The van der Waals surface area contributed by atoms with Crippen LogP contribution in [0.3, 0.4) is 0 Å². The van der Waals surface area contributed by atoms with Gasteiger partial charge in [0.1, 0.15) is 0 Å². The third-order valence-corrected chi connectivity index (χ3v) is 5.31. The van der Waals surface area contributed by atoms with Gasteiger partial charge in [0, 0.05) is 0 Å². The lowest BCUT2D eigenvalue weighted by Gasteiger charge is -2.10. The third kappa shape index (κ3) is 2.12. The molecular weight excluding hydrogens is 228 g/mol. The van der Waals surface area contributed by atoms with Gasteiger partial charge in [-0.3, -0.25) is 0 Å². The Morgan fingerprint density at radius 2 is 1.71 bits per heavy atom. The lowest BCUT2D eigenvalue weighted by atomic mass is 10.0.